The van der Waals surface area contributed by atoms with Crippen molar-refractivity contribution in [3.63, 3.8) is 0 Å². The zero-order valence-electron chi connectivity index (χ0n) is 15.1. The number of aryl methyl sites for hydroxylation is 2. The minimum atomic E-state index is -0.0522. The predicted octanol–water partition coefficient (Wildman–Crippen LogP) is 2.52. The first-order valence-electron chi connectivity index (χ1n) is 8.87. The molecule has 1 atom stereocenters. The van der Waals surface area contributed by atoms with Gasteiger partial charge in [0.05, 0.1) is 11.9 Å². The van der Waals surface area contributed by atoms with Crippen LogP contribution < -0.4 is 5.32 Å². The fourth-order valence-electron chi connectivity index (χ4n) is 3.59. The molecule has 1 aromatic heterocycles. The number of pyridine rings is 1. The van der Waals surface area contributed by atoms with Crippen LogP contribution in [0, 0.1) is 13.8 Å². The largest absolute Gasteiger partial charge is 0.352 e. The second-order valence-electron chi connectivity index (χ2n) is 6.91. The van der Waals surface area contributed by atoms with Crippen LogP contribution in [0.15, 0.2) is 24.3 Å². The number of nitrogens with one attached hydrogen (secondary N) is 1. The Morgan fingerprint density at radius 3 is 2.80 bits per heavy atom. The monoisotopic (exact) mass is 339 g/mol. The van der Waals surface area contributed by atoms with Crippen molar-refractivity contribution in [2.75, 3.05) is 13.1 Å². The van der Waals surface area contributed by atoms with Gasteiger partial charge in [0.15, 0.2) is 0 Å². The summed E-state index contributed by atoms with van der Waals surface area (Å²) in [5, 5.41) is 4.11. The number of para-hydroxylation sites is 1. The highest BCUT2D eigenvalue weighted by Crippen LogP contribution is 2.22. The number of likely N-dealkylation sites (tertiary alicyclic amines) is 1. The Morgan fingerprint density at radius 1 is 1.32 bits per heavy atom. The van der Waals surface area contributed by atoms with Crippen LogP contribution in [0.3, 0.4) is 0 Å². The van der Waals surface area contributed by atoms with Gasteiger partial charge in [0.25, 0.3) is 0 Å². The lowest BCUT2D eigenvalue weighted by Gasteiger charge is -2.22. The summed E-state index contributed by atoms with van der Waals surface area (Å²) < 4.78 is 0. The van der Waals surface area contributed by atoms with Gasteiger partial charge in [-0.15, -0.1) is 0 Å². The number of carbonyl (C=O) groups is 2. The molecule has 5 nitrogen and oxygen atoms in total. The molecule has 0 aliphatic carbocycles. The summed E-state index contributed by atoms with van der Waals surface area (Å²) in [6.45, 7) is 7.33. The Bertz CT molecular complexity index is 816. The standard InChI is InChI=1S/C20H25N3O2/c1-13(12-23-10-6-9-20(23)25)21-19(24)11-17-14(2)16-7-4-5-8-18(16)22-15(17)3/h4-5,7-8,13H,6,9-12H2,1-3H3,(H,21,24)/t13-/m1/s1. The first-order valence-corrected chi connectivity index (χ1v) is 8.87. The molecule has 2 amide bonds. The maximum absolute atomic E-state index is 12.5. The number of rotatable bonds is 5. The third kappa shape index (κ3) is 3.81. The highest BCUT2D eigenvalue weighted by Gasteiger charge is 2.22. The van der Waals surface area contributed by atoms with Gasteiger partial charge >= 0.3 is 0 Å². The molecule has 1 aliphatic heterocycles. The van der Waals surface area contributed by atoms with Crippen LogP contribution in [-0.4, -0.2) is 40.8 Å². The molecule has 0 radical (unpaired) electrons. The molecule has 0 unspecified atom stereocenters. The van der Waals surface area contributed by atoms with Crippen molar-refractivity contribution in [3.05, 3.63) is 41.1 Å². The highest BCUT2D eigenvalue weighted by atomic mass is 16.2. The highest BCUT2D eigenvalue weighted by molar-refractivity contribution is 5.86. The Kier molecular flexibility index (Phi) is 5.02. The number of nitrogens with zero attached hydrogens (tertiary/aromatic N) is 2. The molecule has 2 heterocycles. The Balaban J connectivity index is 1.68. The normalized spacial score (nSPS) is 15.6. The van der Waals surface area contributed by atoms with Gasteiger partial charge in [-0.3, -0.25) is 14.6 Å². The number of hydrogen-bond acceptors (Lipinski definition) is 3. The molecule has 132 valence electrons. The number of aromatic nitrogens is 1. The van der Waals surface area contributed by atoms with E-state index in [9.17, 15) is 9.59 Å². The molecular formula is C20H25N3O2. The topological polar surface area (TPSA) is 62.3 Å². The fraction of sp³-hybridized carbons (Fsp3) is 0.450. The molecule has 3 rings (SSSR count). The molecule has 0 saturated carbocycles. The zero-order chi connectivity index (χ0) is 18.0. The number of benzene rings is 1. The van der Waals surface area contributed by atoms with Gasteiger partial charge in [0.2, 0.25) is 11.8 Å². The smallest absolute Gasteiger partial charge is 0.224 e. The van der Waals surface area contributed by atoms with E-state index in [0.29, 0.717) is 19.4 Å². The first kappa shape index (κ1) is 17.4. The van der Waals surface area contributed by atoms with E-state index in [0.717, 1.165) is 40.7 Å². The van der Waals surface area contributed by atoms with Crippen LogP contribution in [0.1, 0.15) is 36.6 Å². The van der Waals surface area contributed by atoms with Gasteiger partial charge in [-0.1, -0.05) is 18.2 Å². The minimum absolute atomic E-state index is 0.0255. The van der Waals surface area contributed by atoms with Crippen LogP contribution in [-0.2, 0) is 16.0 Å². The predicted molar refractivity (Wildman–Crippen MR) is 98.3 cm³/mol. The first-order chi connectivity index (χ1) is 12.0. The summed E-state index contributed by atoms with van der Waals surface area (Å²) in [5.41, 5.74) is 3.96. The van der Waals surface area contributed by atoms with Crippen molar-refractivity contribution in [2.45, 2.75) is 46.1 Å². The molecular weight excluding hydrogens is 314 g/mol. The van der Waals surface area contributed by atoms with Crippen LogP contribution >= 0.6 is 0 Å². The van der Waals surface area contributed by atoms with E-state index in [1.54, 1.807) is 0 Å². The second-order valence-corrected chi connectivity index (χ2v) is 6.91. The van der Waals surface area contributed by atoms with E-state index < -0.39 is 0 Å². The number of hydrogen-bond donors (Lipinski definition) is 1. The number of amides is 2. The van der Waals surface area contributed by atoms with Crippen molar-refractivity contribution in [1.29, 1.82) is 0 Å². The molecule has 1 aromatic carbocycles. The summed E-state index contributed by atoms with van der Waals surface area (Å²) in [6.07, 6.45) is 1.86. The van der Waals surface area contributed by atoms with E-state index in [-0.39, 0.29) is 17.9 Å². The van der Waals surface area contributed by atoms with Crippen molar-refractivity contribution >= 4 is 22.7 Å². The van der Waals surface area contributed by atoms with Crippen molar-refractivity contribution in [3.8, 4) is 0 Å². The van der Waals surface area contributed by atoms with Crippen molar-refractivity contribution in [2.24, 2.45) is 0 Å². The van der Waals surface area contributed by atoms with Crippen LogP contribution in [0.4, 0.5) is 0 Å². The molecule has 1 N–H and O–H groups in total. The maximum Gasteiger partial charge on any atom is 0.224 e. The fourth-order valence-corrected chi connectivity index (χ4v) is 3.59. The van der Waals surface area contributed by atoms with E-state index in [2.05, 4.69) is 10.3 Å². The average Bonchev–Trinajstić information content (AvgIpc) is 2.96. The van der Waals surface area contributed by atoms with Crippen LogP contribution in [0.2, 0.25) is 0 Å². The maximum atomic E-state index is 12.5. The number of carbonyl (C=O) groups excluding carboxylic acids is 2. The summed E-state index contributed by atoms with van der Waals surface area (Å²) in [4.78, 5) is 30.6. The summed E-state index contributed by atoms with van der Waals surface area (Å²) in [7, 11) is 0. The Labute approximate surface area is 148 Å². The number of fused-ring (bicyclic) bond motifs is 1. The van der Waals surface area contributed by atoms with Crippen LogP contribution in [0.5, 0.6) is 0 Å². The average molecular weight is 339 g/mol. The molecule has 2 aromatic rings. The molecule has 5 heteroatoms. The van der Waals surface area contributed by atoms with Crippen LogP contribution in [0.25, 0.3) is 10.9 Å². The van der Waals surface area contributed by atoms with Crippen molar-refractivity contribution < 1.29 is 9.59 Å². The molecule has 25 heavy (non-hydrogen) atoms. The van der Waals surface area contributed by atoms with Gasteiger partial charge in [0.1, 0.15) is 0 Å². The molecule has 0 bridgehead atoms. The quantitative estimate of drug-likeness (QED) is 0.910. The van der Waals surface area contributed by atoms with Crippen molar-refractivity contribution in [1.82, 2.24) is 15.2 Å². The lowest BCUT2D eigenvalue weighted by Crippen LogP contribution is -2.43. The minimum Gasteiger partial charge on any atom is -0.352 e. The summed E-state index contributed by atoms with van der Waals surface area (Å²) in [5.74, 6) is 0.161. The van der Waals surface area contributed by atoms with E-state index in [4.69, 9.17) is 0 Å². The molecule has 0 spiro atoms. The van der Waals surface area contributed by atoms with Gasteiger partial charge < -0.3 is 10.2 Å². The molecule has 1 fully saturated rings. The van der Waals surface area contributed by atoms with E-state index >= 15 is 0 Å². The molecule has 1 saturated heterocycles. The lowest BCUT2D eigenvalue weighted by molar-refractivity contribution is -0.129. The molecule has 1 aliphatic rings. The summed E-state index contributed by atoms with van der Waals surface area (Å²) in [6, 6.07) is 7.95. The van der Waals surface area contributed by atoms with Gasteiger partial charge in [-0.2, -0.15) is 0 Å². The van der Waals surface area contributed by atoms with Gasteiger partial charge in [-0.05, 0) is 44.4 Å². The van der Waals surface area contributed by atoms with E-state index in [1.165, 1.54) is 0 Å². The lowest BCUT2D eigenvalue weighted by atomic mass is 9.99. The third-order valence-corrected chi connectivity index (χ3v) is 4.90. The summed E-state index contributed by atoms with van der Waals surface area (Å²) >= 11 is 0. The van der Waals surface area contributed by atoms with Gasteiger partial charge in [0, 0.05) is 36.6 Å². The zero-order valence-corrected chi connectivity index (χ0v) is 15.1. The second kappa shape index (κ2) is 7.21. The third-order valence-electron chi connectivity index (χ3n) is 4.90. The Morgan fingerprint density at radius 2 is 2.08 bits per heavy atom. The Hall–Kier alpha value is -2.43. The van der Waals surface area contributed by atoms with Gasteiger partial charge in [-0.25, -0.2) is 0 Å². The van der Waals surface area contributed by atoms with E-state index in [1.807, 2.05) is 49.9 Å². The SMILES string of the molecule is Cc1nc2ccccc2c(C)c1CC(=O)N[C@H](C)CN1CCCC1=O.